The molecule has 0 aliphatic carbocycles. The molecule has 0 heterocycles. The van der Waals surface area contributed by atoms with Gasteiger partial charge in [0.1, 0.15) is 0 Å². The lowest BCUT2D eigenvalue weighted by atomic mass is 9.61. The lowest BCUT2D eigenvalue weighted by Crippen LogP contribution is -2.53. The van der Waals surface area contributed by atoms with Gasteiger partial charge in [-0.15, -0.1) is 0 Å². The standard InChI is InChI=1S/C23H47NO/c1-18(2,3)21(9,10)15-20(7,8)17(25)24-23(13,14)16-22(11,12)19(4,5)6/h15-16H2,1-14H3,(H,24,25). The molecule has 0 aromatic carbocycles. The van der Waals surface area contributed by atoms with Gasteiger partial charge < -0.3 is 5.32 Å². The highest BCUT2D eigenvalue weighted by Crippen LogP contribution is 2.47. The molecule has 0 aliphatic rings. The molecule has 0 unspecified atom stereocenters. The molecule has 25 heavy (non-hydrogen) atoms. The SMILES string of the molecule is CC(C)(CC(C)(C)C(C)(C)C)NC(=O)C(C)(C)CC(C)(C)C(C)(C)C. The number of nitrogens with one attached hydrogen (secondary N) is 1. The fourth-order valence-corrected chi connectivity index (χ4v) is 3.34. The maximum absolute atomic E-state index is 13.1. The van der Waals surface area contributed by atoms with E-state index >= 15 is 0 Å². The zero-order valence-electron chi connectivity index (χ0n) is 19.8. The van der Waals surface area contributed by atoms with Crippen LogP contribution in [0.3, 0.4) is 0 Å². The highest BCUT2D eigenvalue weighted by atomic mass is 16.2. The number of amides is 1. The van der Waals surface area contributed by atoms with Gasteiger partial charge in [0.15, 0.2) is 0 Å². The van der Waals surface area contributed by atoms with E-state index in [0.29, 0.717) is 0 Å². The summed E-state index contributed by atoms with van der Waals surface area (Å²) in [5.74, 6) is 0.166. The van der Waals surface area contributed by atoms with Crippen LogP contribution in [0.5, 0.6) is 0 Å². The number of carbonyl (C=O) groups excluding carboxylic acids is 1. The number of carbonyl (C=O) groups is 1. The van der Waals surface area contributed by atoms with Crippen LogP contribution in [-0.4, -0.2) is 11.4 Å². The van der Waals surface area contributed by atoms with Gasteiger partial charge in [0.25, 0.3) is 0 Å². The molecule has 0 bridgehead atoms. The minimum Gasteiger partial charge on any atom is -0.351 e. The van der Waals surface area contributed by atoms with Gasteiger partial charge in [-0.05, 0) is 48.3 Å². The van der Waals surface area contributed by atoms with Gasteiger partial charge in [-0.2, -0.15) is 0 Å². The van der Waals surface area contributed by atoms with Crippen molar-refractivity contribution in [1.82, 2.24) is 5.32 Å². The first kappa shape index (κ1) is 24.5. The lowest BCUT2D eigenvalue weighted by Gasteiger charge is -2.46. The Labute approximate surface area is 158 Å². The van der Waals surface area contributed by atoms with Crippen LogP contribution in [0.15, 0.2) is 0 Å². The minimum absolute atomic E-state index is 0.0860. The molecule has 0 fully saturated rings. The summed E-state index contributed by atoms with van der Waals surface area (Å²) in [5.41, 5.74) is -0.0365. The number of rotatable bonds is 6. The fraction of sp³-hybridized carbons (Fsp3) is 0.957. The largest absolute Gasteiger partial charge is 0.351 e. The molecule has 0 radical (unpaired) electrons. The summed E-state index contributed by atoms with van der Waals surface area (Å²) in [6.07, 6.45) is 1.82. The first-order valence-corrected chi connectivity index (χ1v) is 9.87. The van der Waals surface area contributed by atoms with Gasteiger partial charge in [-0.1, -0.05) is 83.1 Å². The van der Waals surface area contributed by atoms with Crippen LogP contribution >= 0.6 is 0 Å². The third kappa shape index (κ3) is 6.61. The van der Waals surface area contributed by atoms with Crippen LogP contribution in [0.2, 0.25) is 0 Å². The molecule has 0 saturated heterocycles. The zero-order chi connectivity index (χ0) is 20.7. The van der Waals surface area contributed by atoms with Crippen molar-refractivity contribution in [3.63, 3.8) is 0 Å². The molecule has 0 spiro atoms. The van der Waals surface area contributed by atoms with Crippen LogP contribution < -0.4 is 5.32 Å². The van der Waals surface area contributed by atoms with E-state index in [1.54, 1.807) is 0 Å². The molecule has 2 heteroatoms. The van der Waals surface area contributed by atoms with Crippen molar-refractivity contribution in [2.24, 2.45) is 27.1 Å². The first-order chi connectivity index (χ1) is 10.5. The maximum atomic E-state index is 13.1. The van der Waals surface area contributed by atoms with E-state index in [2.05, 4.69) is 102 Å². The average molecular weight is 354 g/mol. The van der Waals surface area contributed by atoms with Gasteiger partial charge in [-0.3, -0.25) is 4.79 Å². The molecule has 0 atom stereocenters. The van der Waals surface area contributed by atoms with Gasteiger partial charge in [-0.25, -0.2) is 0 Å². The molecule has 1 N–H and O–H groups in total. The Hall–Kier alpha value is -0.530. The van der Waals surface area contributed by atoms with Crippen LogP contribution in [-0.2, 0) is 4.79 Å². The van der Waals surface area contributed by atoms with Gasteiger partial charge in [0.2, 0.25) is 5.91 Å². The van der Waals surface area contributed by atoms with Crippen LogP contribution in [0, 0.1) is 27.1 Å². The maximum Gasteiger partial charge on any atom is 0.226 e. The molecule has 0 rings (SSSR count). The van der Waals surface area contributed by atoms with E-state index in [0.717, 1.165) is 12.8 Å². The van der Waals surface area contributed by atoms with Gasteiger partial charge in [0.05, 0.1) is 0 Å². The van der Waals surface area contributed by atoms with Crippen LogP contribution in [0.25, 0.3) is 0 Å². The molecular weight excluding hydrogens is 306 g/mol. The predicted molar refractivity (Wildman–Crippen MR) is 112 cm³/mol. The Morgan fingerprint density at radius 2 is 0.920 bits per heavy atom. The Morgan fingerprint density at radius 3 is 1.24 bits per heavy atom. The van der Waals surface area contributed by atoms with Crippen molar-refractivity contribution < 1.29 is 4.79 Å². The second kappa shape index (κ2) is 6.89. The molecule has 150 valence electrons. The Balaban J connectivity index is 5.24. The van der Waals surface area contributed by atoms with Crippen molar-refractivity contribution >= 4 is 5.91 Å². The number of hydrogen-bond acceptors (Lipinski definition) is 1. The smallest absolute Gasteiger partial charge is 0.226 e. The molecule has 0 aromatic heterocycles. The third-order valence-electron chi connectivity index (χ3n) is 6.90. The summed E-state index contributed by atoms with van der Waals surface area (Å²) in [6.45, 7) is 31.2. The van der Waals surface area contributed by atoms with Gasteiger partial charge in [0, 0.05) is 11.0 Å². The molecule has 2 nitrogen and oxygen atoms in total. The second-order valence-corrected chi connectivity index (χ2v) is 12.8. The summed E-state index contributed by atoms with van der Waals surface area (Å²) >= 11 is 0. The topological polar surface area (TPSA) is 29.1 Å². The third-order valence-corrected chi connectivity index (χ3v) is 6.90. The highest BCUT2D eigenvalue weighted by Gasteiger charge is 2.43. The van der Waals surface area contributed by atoms with Crippen molar-refractivity contribution in [3.8, 4) is 0 Å². The summed E-state index contributed by atoms with van der Waals surface area (Å²) in [7, 11) is 0. The Morgan fingerprint density at radius 1 is 0.600 bits per heavy atom. The fourth-order valence-electron chi connectivity index (χ4n) is 3.34. The van der Waals surface area contributed by atoms with E-state index in [4.69, 9.17) is 0 Å². The number of hydrogen-bond donors (Lipinski definition) is 1. The predicted octanol–water partition coefficient (Wildman–Crippen LogP) is 6.83. The van der Waals surface area contributed by atoms with Crippen molar-refractivity contribution in [2.75, 3.05) is 0 Å². The van der Waals surface area contributed by atoms with Crippen molar-refractivity contribution in [3.05, 3.63) is 0 Å². The summed E-state index contributed by atoms with van der Waals surface area (Å²) < 4.78 is 0. The second-order valence-electron chi connectivity index (χ2n) is 12.8. The minimum atomic E-state index is -0.389. The Kier molecular flexibility index (Phi) is 6.74. The van der Waals surface area contributed by atoms with E-state index in [1.807, 2.05) is 0 Å². The Bertz CT molecular complexity index is 467. The van der Waals surface area contributed by atoms with E-state index in [-0.39, 0.29) is 38.5 Å². The molecule has 0 aromatic rings. The normalized spacial score (nSPS) is 15.3. The highest BCUT2D eigenvalue weighted by molar-refractivity contribution is 5.82. The molecular formula is C23H47NO. The zero-order valence-corrected chi connectivity index (χ0v) is 19.8. The van der Waals surface area contributed by atoms with E-state index in [1.165, 1.54) is 0 Å². The average Bonchev–Trinajstić information content (AvgIpc) is 2.21. The van der Waals surface area contributed by atoms with Crippen LogP contribution in [0.1, 0.15) is 110 Å². The monoisotopic (exact) mass is 353 g/mol. The lowest BCUT2D eigenvalue weighted by molar-refractivity contribution is -0.134. The summed E-state index contributed by atoms with van der Waals surface area (Å²) in [4.78, 5) is 13.1. The molecule has 1 amide bonds. The van der Waals surface area contributed by atoms with E-state index in [9.17, 15) is 4.79 Å². The van der Waals surface area contributed by atoms with Crippen molar-refractivity contribution in [1.29, 1.82) is 0 Å². The molecule has 0 aliphatic heterocycles. The van der Waals surface area contributed by atoms with Crippen molar-refractivity contribution in [2.45, 2.75) is 115 Å². The molecule has 0 saturated carbocycles. The summed E-state index contributed by atoms with van der Waals surface area (Å²) in [6, 6.07) is 0. The first-order valence-electron chi connectivity index (χ1n) is 9.87. The van der Waals surface area contributed by atoms with E-state index < -0.39 is 0 Å². The van der Waals surface area contributed by atoms with Gasteiger partial charge >= 0.3 is 0 Å². The van der Waals surface area contributed by atoms with Crippen LogP contribution in [0.4, 0.5) is 0 Å². The summed E-state index contributed by atoms with van der Waals surface area (Å²) in [5, 5.41) is 3.36. The quantitative estimate of drug-likeness (QED) is 0.557.